The van der Waals surface area contributed by atoms with Crippen LogP contribution in [0.1, 0.15) is 23.2 Å². The Hall–Kier alpha value is -3.32. The van der Waals surface area contributed by atoms with E-state index in [0.717, 1.165) is 38.7 Å². The Labute approximate surface area is 191 Å². The highest BCUT2D eigenvalue weighted by Crippen LogP contribution is 2.23. The Morgan fingerprint density at radius 1 is 1.09 bits per heavy atom. The number of aromatic nitrogens is 3. The molecule has 0 saturated heterocycles. The molecule has 0 aliphatic rings. The van der Waals surface area contributed by atoms with Gasteiger partial charge in [0.1, 0.15) is 5.65 Å². The first-order valence-corrected chi connectivity index (χ1v) is 11.7. The van der Waals surface area contributed by atoms with Crippen molar-refractivity contribution in [1.29, 1.82) is 0 Å². The number of rotatable bonds is 6. The second-order valence-electron chi connectivity index (χ2n) is 7.82. The van der Waals surface area contributed by atoms with E-state index in [1.165, 1.54) is 4.52 Å². The van der Waals surface area contributed by atoms with Gasteiger partial charge in [0.25, 0.3) is 5.56 Å². The molecule has 4 aromatic rings. The number of hydrogen-bond acceptors (Lipinski definition) is 4. The molecule has 0 saturated carbocycles. The molecule has 0 bridgehead atoms. The molecule has 2 heterocycles. The number of nitrogens with zero attached hydrogens (tertiary/aromatic N) is 3. The summed E-state index contributed by atoms with van der Waals surface area (Å²) in [6, 6.07) is 17.6. The summed E-state index contributed by atoms with van der Waals surface area (Å²) < 4.78 is 3.41. The number of carbonyl (C=O) groups excluding carboxylic acids is 1. The van der Waals surface area contributed by atoms with E-state index in [-0.39, 0.29) is 17.9 Å². The molecule has 0 unspecified atom stereocenters. The highest BCUT2D eigenvalue weighted by molar-refractivity contribution is 7.98. The lowest BCUT2D eigenvalue weighted by Gasteiger charge is -2.12. The van der Waals surface area contributed by atoms with Crippen molar-refractivity contribution in [1.82, 2.24) is 14.2 Å². The summed E-state index contributed by atoms with van der Waals surface area (Å²) in [6.45, 7) is 3.94. The summed E-state index contributed by atoms with van der Waals surface area (Å²) in [6.07, 6.45) is 2.56. The minimum absolute atomic E-state index is 0.120. The summed E-state index contributed by atoms with van der Waals surface area (Å²) in [7, 11) is 1.92. The molecule has 7 heteroatoms. The predicted molar refractivity (Wildman–Crippen MR) is 131 cm³/mol. The quantitative estimate of drug-likeness (QED) is 0.439. The fourth-order valence-corrected chi connectivity index (χ4v) is 4.32. The molecule has 4 rings (SSSR count). The molecule has 0 fully saturated rings. The zero-order chi connectivity index (χ0) is 22.8. The third-order valence-electron chi connectivity index (χ3n) is 5.80. The normalized spacial score (nSPS) is 11.1. The van der Waals surface area contributed by atoms with E-state index < -0.39 is 0 Å². The number of hydrogen-bond donors (Lipinski definition) is 1. The Kier molecular flexibility index (Phi) is 6.19. The van der Waals surface area contributed by atoms with Gasteiger partial charge in [-0.2, -0.15) is 9.61 Å². The van der Waals surface area contributed by atoms with Crippen LogP contribution in [0, 0.1) is 13.8 Å². The summed E-state index contributed by atoms with van der Waals surface area (Å²) in [5.41, 5.74) is 5.63. The van der Waals surface area contributed by atoms with Crippen LogP contribution in [0.5, 0.6) is 0 Å². The van der Waals surface area contributed by atoms with Crippen LogP contribution in [0.25, 0.3) is 16.9 Å². The predicted octanol–water partition coefficient (Wildman–Crippen LogP) is 4.61. The van der Waals surface area contributed by atoms with Gasteiger partial charge in [0.05, 0.1) is 5.69 Å². The lowest BCUT2D eigenvalue weighted by molar-refractivity contribution is -0.116. The monoisotopic (exact) mass is 446 g/mol. The number of aryl methyl sites for hydroxylation is 2. The van der Waals surface area contributed by atoms with E-state index in [2.05, 4.69) is 10.4 Å². The molecule has 6 nitrogen and oxygen atoms in total. The number of nitrogens with one attached hydrogen (secondary N) is 1. The first-order valence-electron chi connectivity index (χ1n) is 10.5. The minimum atomic E-state index is -0.174. The van der Waals surface area contributed by atoms with Gasteiger partial charge in [0.15, 0.2) is 0 Å². The van der Waals surface area contributed by atoms with Crippen molar-refractivity contribution in [3.05, 3.63) is 81.8 Å². The van der Waals surface area contributed by atoms with Gasteiger partial charge in [0, 0.05) is 46.9 Å². The Morgan fingerprint density at radius 2 is 1.88 bits per heavy atom. The van der Waals surface area contributed by atoms with Crippen molar-refractivity contribution >= 4 is 29.0 Å². The first kappa shape index (κ1) is 21.9. The standard InChI is InChI=1S/C25H26N4O2S/c1-16-8-5-6-11-20(16)22-15-24-28(3)17(2)21(25(31)29(24)27-22)12-13-23(30)26-18-9-7-10-19(14-18)32-4/h5-11,14-15H,12-13H2,1-4H3,(H,26,30). The average molecular weight is 447 g/mol. The molecule has 2 aromatic carbocycles. The SMILES string of the molecule is CSc1cccc(NC(=O)CCc2c(C)n(C)c3cc(-c4ccccc4C)nn3c2=O)c1. The number of fused-ring (bicyclic) bond motifs is 1. The van der Waals surface area contributed by atoms with Gasteiger partial charge in [-0.15, -0.1) is 11.8 Å². The van der Waals surface area contributed by atoms with Crippen LogP contribution in [0.4, 0.5) is 5.69 Å². The first-order chi connectivity index (χ1) is 15.4. The topological polar surface area (TPSA) is 68.4 Å². The van der Waals surface area contributed by atoms with Gasteiger partial charge in [-0.05, 0) is 50.3 Å². The fourth-order valence-electron chi connectivity index (χ4n) is 3.86. The summed E-state index contributed by atoms with van der Waals surface area (Å²) in [5.74, 6) is -0.120. The number of benzene rings is 2. The smallest absolute Gasteiger partial charge is 0.277 e. The third kappa shape index (κ3) is 4.21. The van der Waals surface area contributed by atoms with Crippen LogP contribution in [0.2, 0.25) is 0 Å². The van der Waals surface area contributed by atoms with Gasteiger partial charge >= 0.3 is 0 Å². The average Bonchev–Trinajstić information content (AvgIpc) is 3.23. The zero-order valence-corrected chi connectivity index (χ0v) is 19.5. The van der Waals surface area contributed by atoms with Gasteiger partial charge in [-0.1, -0.05) is 30.3 Å². The lowest BCUT2D eigenvalue weighted by Crippen LogP contribution is -2.26. The van der Waals surface area contributed by atoms with Crippen LogP contribution < -0.4 is 10.9 Å². The lowest BCUT2D eigenvalue weighted by atomic mass is 10.1. The highest BCUT2D eigenvalue weighted by atomic mass is 32.2. The van der Waals surface area contributed by atoms with Gasteiger partial charge in [0.2, 0.25) is 5.91 Å². The van der Waals surface area contributed by atoms with Crippen LogP contribution in [-0.2, 0) is 18.3 Å². The van der Waals surface area contributed by atoms with Crippen molar-refractivity contribution in [2.24, 2.45) is 7.05 Å². The summed E-state index contributed by atoms with van der Waals surface area (Å²) in [5, 5.41) is 7.53. The Morgan fingerprint density at radius 3 is 2.62 bits per heavy atom. The van der Waals surface area contributed by atoms with Gasteiger partial charge in [-0.25, -0.2) is 0 Å². The Balaban J connectivity index is 1.61. The summed E-state index contributed by atoms with van der Waals surface area (Å²) in [4.78, 5) is 26.9. The molecular weight excluding hydrogens is 420 g/mol. The number of amides is 1. The molecule has 1 amide bonds. The molecule has 0 radical (unpaired) electrons. The third-order valence-corrected chi connectivity index (χ3v) is 6.53. The van der Waals surface area contributed by atoms with E-state index in [1.54, 1.807) is 11.8 Å². The maximum absolute atomic E-state index is 13.2. The number of thioether (sulfide) groups is 1. The molecule has 2 aromatic heterocycles. The Bertz CT molecular complexity index is 1370. The second-order valence-corrected chi connectivity index (χ2v) is 8.70. The van der Waals surface area contributed by atoms with Crippen molar-refractivity contribution in [3.8, 4) is 11.3 Å². The van der Waals surface area contributed by atoms with Crippen LogP contribution in [-0.4, -0.2) is 26.3 Å². The second kappa shape index (κ2) is 9.04. The van der Waals surface area contributed by atoms with E-state index in [4.69, 9.17) is 0 Å². The highest BCUT2D eigenvalue weighted by Gasteiger charge is 2.17. The zero-order valence-electron chi connectivity index (χ0n) is 18.7. The number of anilines is 1. The van der Waals surface area contributed by atoms with Gasteiger partial charge in [-0.3, -0.25) is 9.59 Å². The maximum Gasteiger partial charge on any atom is 0.277 e. The van der Waals surface area contributed by atoms with E-state index in [9.17, 15) is 9.59 Å². The van der Waals surface area contributed by atoms with Crippen LogP contribution >= 0.6 is 11.8 Å². The largest absolute Gasteiger partial charge is 0.333 e. The molecular formula is C25H26N4O2S. The molecule has 0 atom stereocenters. The van der Waals surface area contributed by atoms with E-state index >= 15 is 0 Å². The molecule has 1 N–H and O–H groups in total. The van der Waals surface area contributed by atoms with Crippen molar-refractivity contribution in [3.63, 3.8) is 0 Å². The van der Waals surface area contributed by atoms with Gasteiger partial charge < -0.3 is 9.88 Å². The molecule has 0 spiro atoms. The van der Waals surface area contributed by atoms with E-state index in [0.29, 0.717) is 12.0 Å². The van der Waals surface area contributed by atoms with E-state index in [1.807, 2.05) is 86.3 Å². The van der Waals surface area contributed by atoms with Crippen molar-refractivity contribution in [2.75, 3.05) is 11.6 Å². The number of carbonyl (C=O) groups is 1. The minimum Gasteiger partial charge on any atom is -0.333 e. The van der Waals surface area contributed by atoms with Crippen molar-refractivity contribution < 1.29 is 4.79 Å². The molecule has 32 heavy (non-hydrogen) atoms. The summed E-state index contributed by atoms with van der Waals surface area (Å²) >= 11 is 1.62. The van der Waals surface area contributed by atoms with Crippen LogP contribution in [0.3, 0.4) is 0 Å². The van der Waals surface area contributed by atoms with Crippen LogP contribution in [0.15, 0.2) is 64.3 Å². The maximum atomic E-state index is 13.2. The fraction of sp³-hybridized carbons (Fsp3) is 0.240. The van der Waals surface area contributed by atoms with Crippen molar-refractivity contribution in [2.45, 2.75) is 31.6 Å². The molecule has 0 aliphatic heterocycles. The molecule has 164 valence electrons. The molecule has 0 aliphatic carbocycles.